The minimum atomic E-state index is -1.12. The van der Waals surface area contributed by atoms with E-state index in [1.165, 1.54) is 12.1 Å². The summed E-state index contributed by atoms with van der Waals surface area (Å²) in [6.07, 6.45) is 0. The number of hydrogen-bond acceptors (Lipinski definition) is 2. The fourth-order valence-electron chi connectivity index (χ4n) is 1.03. The molecule has 1 rings (SSSR count). The van der Waals surface area contributed by atoms with Gasteiger partial charge in [0.05, 0.1) is 11.1 Å². The van der Waals surface area contributed by atoms with Crippen molar-refractivity contribution in [1.82, 2.24) is 0 Å². The lowest BCUT2D eigenvalue weighted by Crippen LogP contribution is -2.02. The SMILES string of the molecule is CC.Cc1cc(C(=O)O)cc(C(=O)O)c1. The van der Waals surface area contributed by atoms with Crippen molar-refractivity contribution < 1.29 is 19.8 Å². The lowest BCUT2D eigenvalue weighted by molar-refractivity contribution is 0.0696. The molecule has 0 radical (unpaired) electrons. The van der Waals surface area contributed by atoms with Crippen LogP contribution >= 0.6 is 0 Å². The van der Waals surface area contributed by atoms with Crippen molar-refractivity contribution in [2.45, 2.75) is 20.8 Å². The largest absolute Gasteiger partial charge is 0.478 e. The van der Waals surface area contributed by atoms with E-state index in [0.717, 1.165) is 6.07 Å². The third-order valence-electron chi connectivity index (χ3n) is 1.57. The van der Waals surface area contributed by atoms with Gasteiger partial charge in [-0.25, -0.2) is 9.59 Å². The topological polar surface area (TPSA) is 74.6 Å². The monoisotopic (exact) mass is 210 g/mol. The van der Waals surface area contributed by atoms with Crippen LogP contribution in [0.1, 0.15) is 40.1 Å². The van der Waals surface area contributed by atoms with Crippen molar-refractivity contribution in [3.05, 3.63) is 34.9 Å². The van der Waals surface area contributed by atoms with E-state index in [1.54, 1.807) is 6.92 Å². The van der Waals surface area contributed by atoms with Crippen LogP contribution in [0.15, 0.2) is 18.2 Å². The molecule has 0 aliphatic carbocycles. The molecule has 0 spiro atoms. The normalized spacial score (nSPS) is 8.73. The number of carboxylic acids is 2. The number of rotatable bonds is 2. The summed E-state index contributed by atoms with van der Waals surface area (Å²) in [5.41, 5.74) is 0.618. The summed E-state index contributed by atoms with van der Waals surface area (Å²) in [5.74, 6) is -2.24. The first-order chi connectivity index (χ1) is 7.00. The molecular formula is C11H14O4. The molecule has 0 aliphatic rings. The summed E-state index contributed by atoms with van der Waals surface area (Å²) in [6.45, 7) is 5.65. The van der Waals surface area contributed by atoms with E-state index >= 15 is 0 Å². The molecule has 4 nitrogen and oxygen atoms in total. The van der Waals surface area contributed by atoms with Gasteiger partial charge in [0, 0.05) is 0 Å². The Kier molecular flexibility index (Phi) is 5.09. The first kappa shape index (κ1) is 13.2. The van der Waals surface area contributed by atoms with Crippen molar-refractivity contribution >= 4 is 11.9 Å². The molecule has 0 bridgehead atoms. The van der Waals surface area contributed by atoms with Crippen molar-refractivity contribution in [3.8, 4) is 0 Å². The summed E-state index contributed by atoms with van der Waals surface area (Å²) in [5, 5.41) is 17.2. The molecule has 2 N–H and O–H groups in total. The van der Waals surface area contributed by atoms with Gasteiger partial charge >= 0.3 is 11.9 Å². The fraction of sp³-hybridized carbons (Fsp3) is 0.273. The van der Waals surface area contributed by atoms with Crippen molar-refractivity contribution in [1.29, 1.82) is 0 Å². The van der Waals surface area contributed by atoms with E-state index in [4.69, 9.17) is 10.2 Å². The van der Waals surface area contributed by atoms with Gasteiger partial charge in [0.15, 0.2) is 0 Å². The van der Waals surface area contributed by atoms with Crippen molar-refractivity contribution in [2.24, 2.45) is 0 Å². The Morgan fingerprint density at radius 2 is 1.27 bits per heavy atom. The van der Waals surface area contributed by atoms with Gasteiger partial charge in [0.1, 0.15) is 0 Å². The van der Waals surface area contributed by atoms with Gasteiger partial charge in [-0.1, -0.05) is 13.8 Å². The Labute approximate surface area is 88.2 Å². The molecule has 0 unspecified atom stereocenters. The number of benzene rings is 1. The Morgan fingerprint density at radius 1 is 0.933 bits per heavy atom. The first-order valence-electron chi connectivity index (χ1n) is 4.59. The van der Waals surface area contributed by atoms with E-state index in [2.05, 4.69) is 0 Å². The zero-order valence-corrected chi connectivity index (χ0v) is 8.94. The van der Waals surface area contributed by atoms with Crippen LogP contribution < -0.4 is 0 Å². The minimum absolute atomic E-state index is 0.00241. The number of aryl methyl sites for hydroxylation is 1. The van der Waals surface area contributed by atoms with Gasteiger partial charge in [0.25, 0.3) is 0 Å². The third kappa shape index (κ3) is 3.81. The van der Waals surface area contributed by atoms with Gasteiger partial charge in [-0.05, 0) is 30.7 Å². The maximum Gasteiger partial charge on any atom is 0.335 e. The fourth-order valence-corrected chi connectivity index (χ4v) is 1.03. The second-order valence-corrected chi connectivity index (χ2v) is 2.70. The summed E-state index contributed by atoms with van der Waals surface area (Å²) in [7, 11) is 0. The highest BCUT2D eigenvalue weighted by atomic mass is 16.4. The number of carbonyl (C=O) groups is 2. The average molecular weight is 210 g/mol. The van der Waals surface area contributed by atoms with E-state index < -0.39 is 11.9 Å². The molecule has 4 heteroatoms. The Hall–Kier alpha value is -1.84. The zero-order valence-electron chi connectivity index (χ0n) is 8.94. The van der Waals surface area contributed by atoms with E-state index in [1.807, 2.05) is 13.8 Å². The predicted molar refractivity (Wildman–Crippen MR) is 56.4 cm³/mol. The van der Waals surface area contributed by atoms with Crippen LogP contribution in [0.3, 0.4) is 0 Å². The molecule has 0 aromatic heterocycles. The van der Waals surface area contributed by atoms with Crippen LogP contribution in [-0.2, 0) is 0 Å². The smallest absolute Gasteiger partial charge is 0.335 e. The van der Waals surface area contributed by atoms with Crippen LogP contribution in [0.25, 0.3) is 0 Å². The van der Waals surface area contributed by atoms with Crippen LogP contribution in [0, 0.1) is 6.92 Å². The molecule has 1 aromatic carbocycles. The van der Waals surface area contributed by atoms with Crippen LogP contribution in [-0.4, -0.2) is 22.2 Å². The van der Waals surface area contributed by atoms with Crippen LogP contribution in [0.2, 0.25) is 0 Å². The van der Waals surface area contributed by atoms with Crippen molar-refractivity contribution in [3.63, 3.8) is 0 Å². The molecule has 0 heterocycles. The van der Waals surface area contributed by atoms with Crippen molar-refractivity contribution in [2.75, 3.05) is 0 Å². The Morgan fingerprint density at radius 3 is 1.53 bits per heavy atom. The van der Waals surface area contributed by atoms with Crippen LogP contribution in [0.4, 0.5) is 0 Å². The second kappa shape index (κ2) is 5.80. The molecule has 0 amide bonds. The van der Waals surface area contributed by atoms with Gasteiger partial charge in [-0.15, -0.1) is 0 Å². The highest BCUT2D eigenvalue weighted by molar-refractivity contribution is 5.94. The number of hydrogen-bond donors (Lipinski definition) is 2. The number of aromatic carboxylic acids is 2. The molecule has 0 fully saturated rings. The molecular weight excluding hydrogens is 196 g/mol. The lowest BCUT2D eigenvalue weighted by Gasteiger charge is -1.99. The molecule has 0 atom stereocenters. The third-order valence-corrected chi connectivity index (χ3v) is 1.57. The van der Waals surface area contributed by atoms with E-state index in [-0.39, 0.29) is 11.1 Å². The average Bonchev–Trinajstić information content (AvgIpc) is 2.19. The minimum Gasteiger partial charge on any atom is -0.478 e. The van der Waals surface area contributed by atoms with E-state index in [0.29, 0.717) is 5.56 Å². The molecule has 0 aliphatic heterocycles. The van der Waals surface area contributed by atoms with Crippen LogP contribution in [0.5, 0.6) is 0 Å². The summed E-state index contributed by atoms with van der Waals surface area (Å²) >= 11 is 0. The first-order valence-corrected chi connectivity index (χ1v) is 4.59. The maximum absolute atomic E-state index is 10.5. The Balaban J connectivity index is 0.000000921. The quantitative estimate of drug-likeness (QED) is 0.786. The lowest BCUT2D eigenvalue weighted by atomic mass is 10.1. The van der Waals surface area contributed by atoms with Gasteiger partial charge < -0.3 is 10.2 Å². The number of carboxylic acid groups (broad SMARTS) is 2. The highest BCUT2D eigenvalue weighted by Gasteiger charge is 2.09. The maximum atomic E-state index is 10.5. The zero-order chi connectivity index (χ0) is 12.0. The standard InChI is InChI=1S/C9H8O4.C2H6/c1-5-2-6(8(10)11)4-7(3-5)9(12)13;1-2/h2-4H,1H3,(H,10,11)(H,12,13);1-2H3. The van der Waals surface area contributed by atoms with Gasteiger partial charge in [-0.2, -0.15) is 0 Å². The molecule has 0 saturated heterocycles. The Bertz CT molecular complexity index is 337. The molecule has 0 saturated carbocycles. The molecule has 15 heavy (non-hydrogen) atoms. The predicted octanol–water partition coefficient (Wildman–Crippen LogP) is 2.42. The summed E-state index contributed by atoms with van der Waals surface area (Å²) < 4.78 is 0. The van der Waals surface area contributed by atoms with Gasteiger partial charge in [-0.3, -0.25) is 0 Å². The summed E-state index contributed by atoms with van der Waals surface area (Å²) in [6, 6.07) is 3.99. The van der Waals surface area contributed by atoms with E-state index in [9.17, 15) is 9.59 Å². The second-order valence-electron chi connectivity index (χ2n) is 2.70. The highest BCUT2D eigenvalue weighted by Crippen LogP contribution is 2.09. The van der Waals surface area contributed by atoms with Gasteiger partial charge in [0.2, 0.25) is 0 Å². The summed E-state index contributed by atoms with van der Waals surface area (Å²) in [4.78, 5) is 21.1. The molecule has 82 valence electrons. The molecule has 1 aromatic rings.